The second-order valence-electron chi connectivity index (χ2n) is 7.97. The van der Waals surface area contributed by atoms with Crippen molar-refractivity contribution in [3.05, 3.63) is 39.5 Å². The van der Waals surface area contributed by atoms with Gasteiger partial charge in [-0.25, -0.2) is 0 Å². The molecule has 0 nitrogen and oxygen atoms in total. The van der Waals surface area contributed by atoms with E-state index in [1.165, 1.54) is 70.2 Å². The summed E-state index contributed by atoms with van der Waals surface area (Å²) >= 11 is -2.47. The number of unbranched alkanes of at least 4 members (excludes halogenated alkanes) is 5. The van der Waals surface area contributed by atoms with Crippen LogP contribution in [0.5, 0.6) is 0 Å². The van der Waals surface area contributed by atoms with Gasteiger partial charge in [-0.3, -0.25) is 0 Å². The number of hydrogen-bond acceptors (Lipinski definition) is 0. The summed E-state index contributed by atoms with van der Waals surface area (Å²) in [6.07, 6.45) is 14.2. The Labute approximate surface area is 174 Å². The molecule has 0 aliphatic heterocycles. The van der Waals surface area contributed by atoms with E-state index in [4.69, 9.17) is 0 Å². The van der Waals surface area contributed by atoms with Crippen molar-refractivity contribution in [2.75, 3.05) is 0 Å². The van der Waals surface area contributed by atoms with Crippen LogP contribution in [0, 0.1) is 11.8 Å². The van der Waals surface area contributed by atoms with Gasteiger partial charge in [0.25, 0.3) is 0 Å². The van der Waals surface area contributed by atoms with E-state index in [0.29, 0.717) is 0 Å². The number of rotatable bonds is 13. The van der Waals surface area contributed by atoms with E-state index in [2.05, 4.69) is 75.9 Å². The Morgan fingerprint density at radius 2 is 1.30 bits per heavy atom. The molecule has 0 fully saturated rings. The maximum absolute atomic E-state index is 3.78. The van der Waals surface area contributed by atoms with Crippen molar-refractivity contribution in [1.29, 1.82) is 0 Å². The normalized spacial score (nSPS) is 11.9. The third kappa shape index (κ3) is 9.38. The minimum atomic E-state index is -2.47. The first-order chi connectivity index (χ1) is 13.2. The van der Waals surface area contributed by atoms with Crippen LogP contribution in [0.15, 0.2) is 33.9 Å². The van der Waals surface area contributed by atoms with Crippen LogP contribution < -0.4 is 0 Å². The van der Waals surface area contributed by atoms with Crippen LogP contribution in [0.4, 0.5) is 0 Å². The molecule has 1 heteroatoms. The Bertz CT molecular complexity index is 551. The summed E-state index contributed by atoms with van der Waals surface area (Å²) in [4.78, 5) is 0. The van der Waals surface area contributed by atoms with Gasteiger partial charge in [0, 0.05) is 0 Å². The average Bonchev–Trinajstić information content (AvgIpc) is 2.71. The molecule has 0 radical (unpaired) electrons. The Hall–Kier alpha value is -0.681. The molecule has 1 aromatic carbocycles. The topological polar surface area (TPSA) is 0 Å². The number of hydrogen-bond donors (Lipinski definition) is 0. The van der Waals surface area contributed by atoms with Gasteiger partial charge in [-0.05, 0) is 0 Å². The molecule has 1 rings (SSSR count). The zero-order chi connectivity index (χ0) is 19.8. The van der Waals surface area contributed by atoms with E-state index < -0.39 is 18.4 Å². The molecule has 0 unspecified atom stereocenters. The molecule has 0 bridgehead atoms. The summed E-state index contributed by atoms with van der Waals surface area (Å²) in [7, 11) is 0. The third-order valence-corrected chi connectivity index (χ3v) is 20.8. The molecular weight excluding hydrogens is 431 g/mol. The van der Waals surface area contributed by atoms with Crippen LogP contribution >= 0.6 is 0 Å². The van der Waals surface area contributed by atoms with Crippen molar-refractivity contribution in [2.24, 2.45) is 0 Å². The van der Waals surface area contributed by atoms with E-state index >= 15 is 0 Å². The van der Waals surface area contributed by atoms with Crippen molar-refractivity contribution in [2.45, 2.75) is 98.8 Å². The summed E-state index contributed by atoms with van der Waals surface area (Å²) < 4.78 is 6.09. The van der Waals surface area contributed by atoms with Crippen molar-refractivity contribution in [3.8, 4) is 11.8 Å². The van der Waals surface area contributed by atoms with Crippen LogP contribution in [0.1, 0.15) is 91.0 Å². The Balaban J connectivity index is 3.33. The molecule has 0 aromatic heterocycles. The van der Waals surface area contributed by atoms with Gasteiger partial charge in [-0.15, -0.1) is 0 Å². The molecule has 0 saturated heterocycles. The van der Waals surface area contributed by atoms with Crippen LogP contribution in [-0.4, -0.2) is 18.4 Å². The molecule has 27 heavy (non-hydrogen) atoms. The number of allylic oxidation sites excluding steroid dienone is 1. The van der Waals surface area contributed by atoms with Crippen molar-refractivity contribution in [3.63, 3.8) is 0 Å². The van der Waals surface area contributed by atoms with Crippen LogP contribution in [0.25, 0.3) is 6.08 Å². The Kier molecular flexibility index (Phi) is 13.8. The van der Waals surface area contributed by atoms with E-state index in [1.54, 1.807) is 3.59 Å². The fourth-order valence-electron chi connectivity index (χ4n) is 3.79. The fraction of sp³-hybridized carbons (Fsp3) is 0.615. The Morgan fingerprint density at radius 3 is 1.78 bits per heavy atom. The first-order valence-corrected chi connectivity index (χ1v) is 19.0. The van der Waals surface area contributed by atoms with Crippen LogP contribution in [0.3, 0.4) is 0 Å². The summed E-state index contributed by atoms with van der Waals surface area (Å²) in [6.45, 7) is 9.31. The average molecular weight is 473 g/mol. The van der Waals surface area contributed by atoms with E-state index in [-0.39, 0.29) is 0 Å². The predicted octanol–water partition coefficient (Wildman–Crippen LogP) is 8.65. The molecule has 0 N–H and O–H groups in total. The van der Waals surface area contributed by atoms with Crippen LogP contribution in [0.2, 0.25) is 13.3 Å². The molecule has 0 spiro atoms. The zero-order valence-corrected chi connectivity index (χ0v) is 21.3. The Morgan fingerprint density at radius 1 is 0.778 bits per heavy atom. The van der Waals surface area contributed by atoms with Crippen molar-refractivity contribution >= 4 is 24.5 Å². The maximum atomic E-state index is 3.78. The fourth-order valence-corrected chi connectivity index (χ4v) is 19.4. The first kappa shape index (κ1) is 24.4. The van der Waals surface area contributed by atoms with E-state index in [1.807, 2.05) is 0 Å². The quantitative estimate of drug-likeness (QED) is 0.153. The van der Waals surface area contributed by atoms with Crippen molar-refractivity contribution < 1.29 is 0 Å². The minimum absolute atomic E-state index is 1.06. The van der Waals surface area contributed by atoms with Gasteiger partial charge in [0.2, 0.25) is 0 Å². The molecule has 1 aromatic rings. The van der Waals surface area contributed by atoms with Gasteiger partial charge in [0.1, 0.15) is 0 Å². The number of benzene rings is 1. The van der Waals surface area contributed by atoms with Gasteiger partial charge < -0.3 is 0 Å². The molecular formula is C26H42Sn. The second kappa shape index (κ2) is 15.3. The van der Waals surface area contributed by atoms with E-state index in [9.17, 15) is 0 Å². The zero-order valence-electron chi connectivity index (χ0n) is 18.4. The van der Waals surface area contributed by atoms with Gasteiger partial charge in [-0.2, -0.15) is 0 Å². The summed E-state index contributed by atoms with van der Waals surface area (Å²) in [5.74, 6) is 7.35. The molecule has 0 aliphatic rings. The van der Waals surface area contributed by atoms with Crippen LogP contribution in [-0.2, 0) is 0 Å². The van der Waals surface area contributed by atoms with Gasteiger partial charge >= 0.3 is 175 Å². The standard InChI is InChI=1S/C14H15.3C4H9.Sn/c1-2-3-4-5-6-8-11-14-12-9-7-10-13-14;3*1-3-4-2;/h7,9-13H,2-4H2,1H3;3*1,3-4H2,2H3;. The molecule has 0 amide bonds. The summed E-state index contributed by atoms with van der Waals surface area (Å²) in [5.41, 5.74) is 1.35. The molecule has 0 saturated carbocycles. The molecule has 150 valence electrons. The van der Waals surface area contributed by atoms with E-state index in [0.717, 1.165) is 6.42 Å². The molecule has 0 atom stereocenters. The van der Waals surface area contributed by atoms with Crippen molar-refractivity contribution in [1.82, 2.24) is 0 Å². The third-order valence-electron chi connectivity index (χ3n) is 5.59. The predicted molar refractivity (Wildman–Crippen MR) is 127 cm³/mol. The second-order valence-corrected chi connectivity index (χ2v) is 21.1. The SMILES string of the molecule is CCCCC#C/[C](=C/c1ccccc1)[Sn]([CH2]CCC)([CH2]CCC)[CH2]CCC. The van der Waals surface area contributed by atoms with Gasteiger partial charge in [-0.1, -0.05) is 0 Å². The van der Waals surface area contributed by atoms with Gasteiger partial charge in [0.15, 0.2) is 0 Å². The summed E-state index contributed by atoms with van der Waals surface area (Å²) in [5, 5.41) is 0. The molecule has 0 heterocycles. The monoisotopic (exact) mass is 474 g/mol. The first-order valence-electron chi connectivity index (χ1n) is 11.5. The molecule has 0 aliphatic carbocycles. The summed E-state index contributed by atoms with van der Waals surface area (Å²) in [6, 6.07) is 10.9. The van der Waals surface area contributed by atoms with Gasteiger partial charge in [0.05, 0.1) is 0 Å².